The van der Waals surface area contributed by atoms with Gasteiger partial charge in [0.1, 0.15) is 12.1 Å². The number of aromatic nitrogens is 2. The minimum absolute atomic E-state index is 0.0755. The van der Waals surface area contributed by atoms with Crippen LogP contribution in [-0.4, -0.2) is 35.2 Å². The molecule has 0 aliphatic carbocycles. The molecule has 1 aromatic carbocycles. The number of nitrogens with one attached hydrogen (secondary N) is 1. The van der Waals surface area contributed by atoms with Crippen LogP contribution >= 0.6 is 0 Å². The van der Waals surface area contributed by atoms with E-state index in [-0.39, 0.29) is 18.1 Å². The van der Waals surface area contributed by atoms with E-state index in [0.29, 0.717) is 18.0 Å². The Morgan fingerprint density at radius 1 is 1.32 bits per heavy atom. The fourth-order valence-corrected chi connectivity index (χ4v) is 2.00. The molecule has 0 aliphatic rings. The predicted molar refractivity (Wildman–Crippen MR) is 83.0 cm³/mol. The first kappa shape index (κ1) is 15.9. The van der Waals surface area contributed by atoms with E-state index in [1.807, 2.05) is 38.1 Å². The van der Waals surface area contributed by atoms with E-state index in [1.54, 1.807) is 30.4 Å². The van der Waals surface area contributed by atoms with Gasteiger partial charge in [-0.25, -0.2) is 4.98 Å². The molecule has 1 heterocycles. The van der Waals surface area contributed by atoms with Crippen molar-refractivity contribution in [3.8, 4) is 11.5 Å². The second-order valence-electron chi connectivity index (χ2n) is 5.01. The number of para-hydroxylation sites is 2. The van der Waals surface area contributed by atoms with Crippen LogP contribution in [0.4, 0.5) is 0 Å². The Morgan fingerprint density at radius 2 is 2.05 bits per heavy atom. The Balaban J connectivity index is 1.85. The van der Waals surface area contributed by atoms with Crippen LogP contribution in [0.15, 0.2) is 43.0 Å². The highest BCUT2D eigenvalue weighted by molar-refractivity contribution is 5.79. The molecule has 1 N–H and O–H groups in total. The number of benzene rings is 1. The van der Waals surface area contributed by atoms with Crippen LogP contribution in [-0.2, 0) is 4.79 Å². The molecule has 0 radical (unpaired) electrons. The maximum absolute atomic E-state index is 12.1. The standard InChI is InChI=1S/C16H21N3O3/c1-12(22-15-7-5-4-6-14(15)21-3)10-18-16(20)13(2)19-9-8-17-11-19/h4-9,11-13H,10H2,1-3H3,(H,18,20)/t12-,13-/m0/s1. The first-order valence-corrected chi connectivity index (χ1v) is 7.16. The van der Waals surface area contributed by atoms with Crippen LogP contribution in [0.1, 0.15) is 19.9 Å². The van der Waals surface area contributed by atoms with Crippen LogP contribution in [0, 0.1) is 0 Å². The molecule has 6 heteroatoms. The van der Waals surface area contributed by atoms with Crippen molar-refractivity contribution in [2.45, 2.75) is 26.0 Å². The molecule has 1 amide bonds. The van der Waals surface area contributed by atoms with E-state index in [0.717, 1.165) is 0 Å². The van der Waals surface area contributed by atoms with Gasteiger partial charge in [0.25, 0.3) is 0 Å². The van der Waals surface area contributed by atoms with Gasteiger partial charge in [0.15, 0.2) is 11.5 Å². The average Bonchev–Trinajstić information content (AvgIpc) is 3.06. The van der Waals surface area contributed by atoms with Crippen LogP contribution < -0.4 is 14.8 Å². The van der Waals surface area contributed by atoms with Gasteiger partial charge in [-0.2, -0.15) is 0 Å². The third kappa shape index (κ3) is 4.00. The maximum atomic E-state index is 12.1. The fourth-order valence-electron chi connectivity index (χ4n) is 2.00. The summed E-state index contributed by atoms with van der Waals surface area (Å²) >= 11 is 0. The zero-order chi connectivity index (χ0) is 15.9. The molecule has 6 nitrogen and oxygen atoms in total. The Bertz CT molecular complexity index is 598. The van der Waals surface area contributed by atoms with Crippen LogP contribution in [0.25, 0.3) is 0 Å². The Labute approximate surface area is 130 Å². The highest BCUT2D eigenvalue weighted by Gasteiger charge is 2.15. The fraction of sp³-hybridized carbons (Fsp3) is 0.375. The van der Waals surface area contributed by atoms with Crippen molar-refractivity contribution < 1.29 is 14.3 Å². The zero-order valence-corrected chi connectivity index (χ0v) is 13.0. The predicted octanol–water partition coefficient (Wildman–Crippen LogP) is 2.04. The molecular formula is C16H21N3O3. The van der Waals surface area contributed by atoms with E-state index >= 15 is 0 Å². The number of nitrogens with zero attached hydrogens (tertiary/aromatic N) is 2. The smallest absolute Gasteiger partial charge is 0.242 e. The molecule has 2 rings (SSSR count). The number of imidazole rings is 1. The van der Waals surface area contributed by atoms with Crippen molar-refractivity contribution in [3.63, 3.8) is 0 Å². The van der Waals surface area contributed by atoms with Gasteiger partial charge in [0.2, 0.25) is 5.91 Å². The lowest BCUT2D eigenvalue weighted by atomic mass is 10.3. The highest BCUT2D eigenvalue weighted by Crippen LogP contribution is 2.26. The molecule has 0 saturated carbocycles. The lowest BCUT2D eigenvalue weighted by Gasteiger charge is -2.19. The summed E-state index contributed by atoms with van der Waals surface area (Å²) in [5, 5.41) is 2.87. The molecule has 0 spiro atoms. The first-order chi connectivity index (χ1) is 10.6. The molecule has 0 aliphatic heterocycles. The number of methoxy groups -OCH3 is 1. The zero-order valence-electron chi connectivity index (χ0n) is 13.0. The van der Waals surface area contributed by atoms with Crippen LogP contribution in [0.5, 0.6) is 11.5 Å². The number of amides is 1. The first-order valence-electron chi connectivity index (χ1n) is 7.16. The van der Waals surface area contributed by atoms with Gasteiger partial charge in [-0.15, -0.1) is 0 Å². The molecule has 1 aromatic heterocycles. The van der Waals surface area contributed by atoms with E-state index in [1.165, 1.54) is 0 Å². The molecule has 0 saturated heterocycles. The van der Waals surface area contributed by atoms with Crippen molar-refractivity contribution in [2.24, 2.45) is 0 Å². The molecule has 0 fully saturated rings. The van der Waals surface area contributed by atoms with Gasteiger partial charge in [0.05, 0.1) is 20.0 Å². The third-order valence-electron chi connectivity index (χ3n) is 3.31. The van der Waals surface area contributed by atoms with Gasteiger partial charge < -0.3 is 19.4 Å². The van der Waals surface area contributed by atoms with Crippen molar-refractivity contribution in [3.05, 3.63) is 43.0 Å². The van der Waals surface area contributed by atoms with Crippen molar-refractivity contribution >= 4 is 5.91 Å². The summed E-state index contributed by atoms with van der Waals surface area (Å²) < 4.78 is 12.8. The Kier molecular flexibility index (Phi) is 5.41. The van der Waals surface area contributed by atoms with Crippen molar-refractivity contribution in [2.75, 3.05) is 13.7 Å². The molecule has 22 heavy (non-hydrogen) atoms. The number of carbonyl (C=O) groups is 1. The number of hydrogen-bond donors (Lipinski definition) is 1. The summed E-state index contributed by atoms with van der Waals surface area (Å²) in [4.78, 5) is 16.0. The number of carbonyl (C=O) groups excluding carboxylic acids is 1. The maximum Gasteiger partial charge on any atom is 0.242 e. The van der Waals surface area contributed by atoms with Crippen molar-refractivity contribution in [1.29, 1.82) is 0 Å². The highest BCUT2D eigenvalue weighted by atomic mass is 16.5. The summed E-state index contributed by atoms with van der Waals surface area (Å²) in [6.45, 7) is 4.13. The van der Waals surface area contributed by atoms with Gasteiger partial charge in [-0.1, -0.05) is 12.1 Å². The molecular weight excluding hydrogens is 282 g/mol. The summed E-state index contributed by atoms with van der Waals surface area (Å²) in [6, 6.07) is 7.13. The molecule has 0 bridgehead atoms. The van der Waals surface area contributed by atoms with Crippen LogP contribution in [0.2, 0.25) is 0 Å². The minimum Gasteiger partial charge on any atom is -0.493 e. The molecule has 0 unspecified atom stereocenters. The second kappa shape index (κ2) is 7.49. The molecule has 2 atom stereocenters. The topological polar surface area (TPSA) is 65.4 Å². The normalized spacial score (nSPS) is 13.2. The number of hydrogen-bond acceptors (Lipinski definition) is 4. The van der Waals surface area contributed by atoms with Gasteiger partial charge in [0, 0.05) is 12.4 Å². The minimum atomic E-state index is -0.305. The lowest BCUT2D eigenvalue weighted by molar-refractivity contribution is -0.124. The second-order valence-corrected chi connectivity index (χ2v) is 5.01. The summed E-state index contributed by atoms with van der Waals surface area (Å²) in [7, 11) is 1.60. The van der Waals surface area contributed by atoms with Gasteiger partial charge >= 0.3 is 0 Å². The Morgan fingerprint density at radius 3 is 2.68 bits per heavy atom. The largest absolute Gasteiger partial charge is 0.493 e. The van der Waals surface area contributed by atoms with Crippen LogP contribution in [0.3, 0.4) is 0 Å². The SMILES string of the molecule is COc1ccccc1O[C@@H](C)CNC(=O)[C@H](C)n1ccnc1. The lowest BCUT2D eigenvalue weighted by Crippen LogP contribution is -2.37. The third-order valence-corrected chi connectivity index (χ3v) is 3.31. The van der Waals surface area contributed by atoms with E-state index in [9.17, 15) is 4.79 Å². The molecule has 2 aromatic rings. The summed E-state index contributed by atoms with van der Waals surface area (Å²) in [5.41, 5.74) is 0. The van der Waals surface area contributed by atoms with Gasteiger partial charge in [-0.3, -0.25) is 4.79 Å². The van der Waals surface area contributed by atoms with E-state index in [2.05, 4.69) is 10.3 Å². The number of ether oxygens (including phenoxy) is 2. The van der Waals surface area contributed by atoms with E-state index < -0.39 is 0 Å². The molecule has 118 valence electrons. The van der Waals surface area contributed by atoms with Crippen molar-refractivity contribution in [1.82, 2.24) is 14.9 Å². The average molecular weight is 303 g/mol. The van der Waals surface area contributed by atoms with E-state index in [4.69, 9.17) is 9.47 Å². The Hall–Kier alpha value is -2.50. The summed E-state index contributed by atoms with van der Waals surface area (Å²) in [5.74, 6) is 1.26. The quantitative estimate of drug-likeness (QED) is 0.850. The monoisotopic (exact) mass is 303 g/mol. The summed E-state index contributed by atoms with van der Waals surface area (Å²) in [6.07, 6.45) is 4.87. The number of rotatable bonds is 7. The van der Waals surface area contributed by atoms with Gasteiger partial charge in [-0.05, 0) is 26.0 Å².